The molecule has 1 N–H and O–H groups in total. The van der Waals surface area contributed by atoms with Crippen LogP contribution >= 0.6 is 0 Å². The molecule has 21 heavy (non-hydrogen) atoms. The smallest absolute Gasteiger partial charge is 0.132 e. The Kier molecular flexibility index (Phi) is 5.69. The summed E-state index contributed by atoms with van der Waals surface area (Å²) in [7, 11) is 0. The van der Waals surface area contributed by atoms with E-state index in [0.29, 0.717) is 5.75 Å². The van der Waals surface area contributed by atoms with Crippen molar-refractivity contribution in [2.75, 3.05) is 6.54 Å². The van der Waals surface area contributed by atoms with E-state index in [4.69, 9.17) is 4.74 Å². The summed E-state index contributed by atoms with van der Waals surface area (Å²) in [5, 5.41) is 3.30. The first-order valence-corrected chi connectivity index (χ1v) is 7.06. The number of benzene rings is 2. The van der Waals surface area contributed by atoms with Crippen molar-refractivity contribution in [1.29, 1.82) is 0 Å². The van der Waals surface area contributed by atoms with Crippen LogP contribution in [0.2, 0.25) is 0 Å². The summed E-state index contributed by atoms with van der Waals surface area (Å²) in [6, 6.07) is 11.3. The third-order valence-electron chi connectivity index (χ3n) is 3.12. The lowest BCUT2D eigenvalue weighted by Gasteiger charge is -2.09. The minimum atomic E-state index is -0.588. The fraction of sp³-hybridized carbons (Fsp3) is 0.294. The zero-order valence-corrected chi connectivity index (χ0v) is 12.0. The number of nitrogens with one attached hydrogen (secondary N) is 1. The van der Waals surface area contributed by atoms with Crippen LogP contribution in [0.25, 0.3) is 0 Å². The maximum atomic E-state index is 13.5. The predicted octanol–water partition coefficient (Wildman–Crippen LogP) is 4.04. The highest BCUT2D eigenvalue weighted by atomic mass is 19.1. The molecule has 0 atom stereocenters. The van der Waals surface area contributed by atoms with Gasteiger partial charge in [0, 0.05) is 6.54 Å². The topological polar surface area (TPSA) is 21.3 Å². The van der Waals surface area contributed by atoms with Gasteiger partial charge in [-0.05, 0) is 42.8 Å². The molecule has 0 fully saturated rings. The van der Waals surface area contributed by atoms with Crippen LogP contribution in [0.15, 0.2) is 42.5 Å². The highest BCUT2D eigenvalue weighted by Crippen LogP contribution is 2.17. The van der Waals surface area contributed by atoms with Gasteiger partial charge in [-0.15, -0.1) is 0 Å². The van der Waals surface area contributed by atoms with Crippen LogP contribution in [0, 0.1) is 11.6 Å². The molecule has 0 spiro atoms. The summed E-state index contributed by atoms with van der Waals surface area (Å²) >= 11 is 0. The van der Waals surface area contributed by atoms with Crippen molar-refractivity contribution in [1.82, 2.24) is 5.32 Å². The number of hydrogen-bond acceptors (Lipinski definition) is 2. The molecule has 112 valence electrons. The third-order valence-corrected chi connectivity index (χ3v) is 3.12. The van der Waals surface area contributed by atoms with Crippen molar-refractivity contribution in [2.24, 2.45) is 0 Å². The molecule has 0 radical (unpaired) electrons. The Balaban J connectivity index is 1.92. The minimum absolute atomic E-state index is 0.0498. The van der Waals surface area contributed by atoms with Crippen LogP contribution in [0.4, 0.5) is 8.78 Å². The van der Waals surface area contributed by atoms with Crippen molar-refractivity contribution in [2.45, 2.75) is 26.5 Å². The second-order valence-electron chi connectivity index (χ2n) is 4.81. The Hall–Kier alpha value is -1.94. The van der Waals surface area contributed by atoms with Crippen molar-refractivity contribution in [3.63, 3.8) is 0 Å². The number of halogens is 2. The van der Waals surface area contributed by atoms with Gasteiger partial charge in [0.1, 0.15) is 24.0 Å². The molecule has 0 aliphatic rings. The zero-order valence-electron chi connectivity index (χ0n) is 12.0. The standard InChI is InChI=1S/C17H19F2NO/c1-2-10-20-11-13-6-8-14(9-7-13)21-12-15-16(18)4-3-5-17(15)19/h3-9,20H,2,10-12H2,1H3. The third kappa shape index (κ3) is 4.53. The van der Waals surface area contributed by atoms with Crippen molar-refractivity contribution in [3.8, 4) is 5.75 Å². The Morgan fingerprint density at radius 1 is 1.00 bits per heavy atom. The second-order valence-corrected chi connectivity index (χ2v) is 4.81. The van der Waals surface area contributed by atoms with Crippen LogP contribution in [0.1, 0.15) is 24.5 Å². The van der Waals surface area contributed by atoms with Gasteiger partial charge in [0.25, 0.3) is 0 Å². The molecule has 0 saturated heterocycles. The normalized spacial score (nSPS) is 10.6. The molecule has 0 aliphatic heterocycles. The summed E-state index contributed by atoms with van der Waals surface area (Å²) in [5.74, 6) is -0.581. The minimum Gasteiger partial charge on any atom is -0.489 e. The lowest BCUT2D eigenvalue weighted by atomic mass is 10.2. The van der Waals surface area contributed by atoms with Gasteiger partial charge in [-0.25, -0.2) is 8.78 Å². The predicted molar refractivity (Wildman–Crippen MR) is 79.1 cm³/mol. The van der Waals surface area contributed by atoms with Gasteiger partial charge in [-0.2, -0.15) is 0 Å². The summed E-state index contributed by atoms with van der Waals surface area (Å²) < 4.78 is 32.4. The van der Waals surface area contributed by atoms with E-state index in [2.05, 4.69) is 12.2 Å². The van der Waals surface area contributed by atoms with Gasteiger partial charge in [0.15, 0.2) is 0 Å². The molecule has 0 aromatic heterocycles. The summed E-state index contributed by atoms with van der Waals surface area (Å²) in [5.41, 5.74) is 1.10. The van der Waals surface area contributed by atoms with E-state index in [1.54, 1.807) is 0 Å². The molecule has 2 aromatic rings. The molecular weight excluding hydrogens is 272 g/mol. The molecule has 0 aliphatic carbocycles. The van der Waals surface area contributed by atoms with Gasteiger partial charge < -0.3 is 10.1 Å². The summed E-state index contributed by atoms with van der Waals surface area (Å²) in [4.78, 5) is 0. The van der Waals surface area contributed by atoms with Crippen LogP contribution in [0.5, 0.6) is 5.75 Å². The Morgan fingerprint density at radius 2 is 1.67 bits per heavy atom. The van der Waals surface area contributed by atoms with Gasteiger partial charge in [0.05, 0.1) is 5.56 Å². The summed E-state index contributed by atoms with van der Waals surface area (Å²) in [6.07, 6.45) is 1.09. The first-order valence-electron chi connectivity index (χ1n) is 7.06. The van der Waals surface area contributed by atoms with Crippen molar-refractivity contribution >= 4 is 0 Å². The average molecular weight is 291 g/mol. The summed E-state index contributed by atoms with van der Waals surface area (Å²) in [6.45, 7) is 3.78. The first-order chi connectivity index (χ1) is 10.2. The lowest BCUT2D eigenvalue weighted by Crippen LogP contribution is -2.13. The molecule has 0 amide bonds. The molecule has 0 unspecified atom stereocenters. The average Bonchev–Trinajstić information content (AvgIpc) is 2.48. The molecule has 2 nitrogen and oxygen atoms in total. The molecule has 2 aromatic carbocycles. The van der Waals surface area contributed by atoms with E-state index in [1.807, 2.05) is 24.3 Å². The van der Waals surface area contributed by atoms with Gasteiger partial charge in [-0.1, -0.05) is 25.1 Å². The van der Waals surface area contributed by atoms with E-state index < -0.39 is 11.6 Å². The quantitative estimate of drug-likeness (QED) is 0.777. The fourth-order valence-corrected chi connectivity index (χ4v) is 1.94. The van der Waals surface area contributed by atoms with E-state index in [1.165, 1.54) is 18.2 Å². The largest absolute Gasteiger partial charge is 0.489 e. The van der Waals surface area contributed by atoms with E-state index in [-0.39, 0.29) is 12.2 Å². The highest BCUT2D eigenvalue weighted by molar-refractivity contribution is 5.28. The Morgan fingerprint density at radius 3 is 2.29 bits per heavy atom. The monoisotopic (exact) mass is 291 g/mol. The maximum Gasteiger partial charge on any atom is 0.132 e. The number of ether oxygens (including phenoxy) is 1. The van der Waals surface area contributed by atoms with Gasteiger partial charge >= 0.3 is 0 Å². The maximum absolute atomic E-state index is 13.5. The van der Waals surface area contributed by atoms with Crippen LogP contribution in [-0.4, -0.2) is 6.54 Å². The molecule has 4 heteroatoms. The van der Waals surface area contributed by atoms with E-state index in [0.717, 1.165) is 25.1 Å². The molecule has 0 saturated carbocycles. The fourth-order valence-electron chi connectivity index (χ4n) is 1.94. The molecule has 0 heterocycles. The zero-order chi connectivity index (χ0) is 15.1. The van der Waals surface area contributed by atoms with Crippen LogP contribution in [-0.2, 0) is 13.2 Å². The van der Waals surface area contributed by atoms with Gasteiger partial charge in [-0.3, -0.25) is 0 Å². The lowest BCUT2D eigenvalue weighted by molar-refractivity contribution is 0.292. The molecular formula is C17H19F2NO. The number of hydrogen-bond donors (Lipinski definition) is 1. The highest BCUT2D eigenvalue weighted by Gasteiger charge is 2.08. The second kappa shape index (κ2) is 7.74. The van der Waals surface area contributed by atoms with Crippen molar-refractivity contribution < 1.29 is 13.5 Å². The first kappa shape index (κ1) is 15.4. The van der Waals surface area contributed by atoms with E-state index in [9.17, 15) is 8.78 Å². The van der Waals surface area contributed by atoms with Crippen LogP contribution < -0.4 is 10.1 Å². The molecule has 2 rings (SSSR count). The SMILES string of the molecule is CCCNCc1ccc(OCc2c(F)cccc2F)cc1. The van der Waals surface area contributed by atoms with Crippen LogP contribution in [0.3, 0.4) is 0 Å². The number of rotatable bonds is 7. The Labute approximate surface area is 123 Å². The van der Waals surface area contributed by atoms with E-state index >= 15 is 0 Å². The molecule has 0 bridgehead atoms. The van der Waals surface area contributed by atoms with Gasteiger partial charge in [0.2, 0.25) is 0 Å². The van der Waals surface area contributed by atoms with Crippen molar-refractivity contribution in [3.05, 3.63) is 65.2 Å². The Bertz CT molecular complexity index is 549.